The Labute approximate surface area is 91.9 Å². The summed E-state index contributed by atoms with van der Waals surface area (Å²) in [7, 11) is 0.120. The van der Waals surface area contributed by atoms with Crippen molar-refractivity contribution < 1.29 is 36.0 Å². The van der Waals surface area contributed by atoms with Crippen molar-refractivity contribution in [3.8, 4) is 0 Å². The zero-order chi connectivity index (χ0) is 11.6. The van der Waals surface area contributed by atoms with E-state index in [1.54, 1.807) is 0 Å². The molecule has 0 aromatic heterocycles. The van der Waals surface area contributed by atoms with E-state index < -0.39 is 0 Å². The van der Waals surface area contributed by atoms with E-state index in [0.717, 1.165) is 0 Å². The molecule has 4 nitrogen and oxygen atoms in total. The summed E-state index contributed by atoms with van der Waals surface area (Å²) >= 11 is 0. The van der Waals surface area contributed by atoms with E-state index in [9.17, 15) is 0 Å². The van der Waals surface area contributed by atoms with Crippen LogP contribution in [-0.2, 0) is 36.0 Å². The van der Waals surface area contributed by atoms with Crippen LogP contribution in [0.25, 0.3) is 0 Å². The molecule has 0 spiro atoms. The van der Waals surface area contributed by atoms with Crippen LogP contribution in [0.5, 0.6) is 0 Å². The minimum Gasteiger partial charge on any atom is -0.307 e. The molecule has 0 aliphatic carbocycles. The maximum absolute atomic E-state index is 8.00. The van der Waals surface area contributed by atoms with E-state index in [4.69, 9.17) is 19.2 Å². The summed E-state index contributed by atoms with van der Waals surface area (Å²) in [5, 5.41) is 0. The first-order valence-electron chi connectivity index (χ1n) is 2.65. The van der Waals surface area contributed by atoms with Crippen molar-refractivity contribution in [2.45, 2.75) is 19.6 Å². The third-order valence-electron chi connectivity index (χ3n) is 0. The summed E-state index contributed by atoms with van der Waals surface area (Å²) in [5.41, 5.74) is 0. The van der Waals surface area contributed by atoms with E-state index in [1.807, 2.05) is 27.2 Å². The summed E-state index contributed by atoms with van der Waals surface area (Å²) in [4.78, 5) is 32.0. The fourth-order valence-corrected chi connectivity index (χ4v) is 0. The molecule has 0 N–H and O–H groups in total. The van der Waals surface area contributed by atoms with Gasteiger partial charge in [-0.05, 0) is 0 Å². The van der Waals surface area contributed by atoms with E-state index in [0.29, 0.717) is 0 Å². The molecular weight excluding hydrogens is 235 g/mol. The van der Waals surface area contributed by atoms with Gasteiger partial charge < -0.3 is 19.2 Å². The fourth-order valence-electron chi connectivity index (χ4n) is 0. The first kappa shape index (κ1) is 39.3. The molecule has 6 heteroatoms. The number of rotatable bonds is 0. The molecule has 0 fully saturated rings. The van der Waals surface area contributed by atoms with Crippen molar-refractivity contribution in [2.75, 3.05) is 0 Å². The van der Waals surface area contributed by atoms with Crippen LogP contribution in [0, 0.1) is 0 Å². The van der Waals surface area contributed by atoms with Crippen LogP contribution in [0.1, 0.15) is 0 Å². The first-order chi connectivity index (χ1) is 5.73. The molecule has 82 valence electrons. The Bertz CT molecular complexity index is 47.0. The van der Waals surface area contributed by atoms with Gasteiger partial charge >= 0.3 is 0 Å². The molecule has 0 saturated heterocycles. The molecule has 0 atom stereocenters. The van der Waals surface area contributed by atoms with Gasteiger partial charge in [-0.1, -0.05) is 19.6 Å². The minimum absolute atomic E-state index is 0. The van der Waals surface area contributed by atoms with Crippen LogP contribution in [0.4, 0.5) is 0 Å². The third kappa shape index (κ3) is 2830. The largest absolute Gasteiger partial charge is 0.307 e. The normalized spacial score (nSPS) is 4.00. The molecule has 0 aliphatic heterocycles. The number of hydrogen-bond acceptors (Lipinski definition) is 4. The number of carbonyl (C=O) groups is 4. The van der Waals surface area contributed by atoms with E-state index in [2.05, 4.69) is 19.6 Å². The topological polar surface area (TPSA) is 68.3 Å². The van der Waals surface area contributed by atoms with Crippen LogP contribution < -0.4 is 0 Å². The van der Waals surface area contributed by atoms with Crippen molar-refractivity contribution >= 4 is 36.0 Å². The standard InChI is InChI=1S/C3H9Si.4CH2O.Co/c1-4(2)3;4*1-2;/h1-3H3;4*1H2;. The molecule has 0 saturated carbocycles. The smallest absolute Gasteiger partial charge is 0.106 e. The van der Waals surface area contributed by atoms with Gasteiger partial charge in [-0.25, -0.2) is 0 Å². The van der Waals surface area contributed by atoms with Crippen molar-refractivity contribution in [3.63, 3.8) is 0 Å². The quantitative estimate of drug-likeness (QED) is 0.593. The van der Waals surface area contributed by atoms with Gasteiger partial charge in [-0.3, -0.25) is 0 Å². The first-order valence-corrected chi connectivity index (χ1v) is 5.65. The van der Waals surface area contributed by atoms with Gasteiger partial charge in [0.15, 0.2) is 0 Å². The summed E-state index contributed by atoms with van der Waals surface area (Å²) in [6.07, 6.45) is 0. The van der Waals surface area contributed by atoms with Gasteiger partial charge in [0.05, 0.1) is 0 Å². The predicted octanol–water partition coefficient (Wildman–Crippen LogP) is 0.628. The van der Waals surface area contributed by atoms with Crippen molar-refractivity contribution in [1.82, 2.24) is 0 Å². The summed E-state index contributed by atoms with van der Waals surface area (Å²) in [5.74, 6) is 0. The number of hydrogen-bond donors (Lipinski definition) is 0. The fraction of sp³-hybridized carbons (Fsp3) is 0.429. The molecule has 0 aliphatic rings. The molecular formula is C7H17CoO4Si. The minimum atomic E-state index is 0. The second-order valence-corrected chi connectivity index (χ2v) is 4.50. The van der Waals surface area contributed by atoms with Crippen LogP contribution >= 0.6 is 0 Å². The Hall–Kier alpha value is -0.597. The maximum Gasteiger partial charge on any atom is 0.106 e. The monoisotopic (exact) mass is 252 g/mol. The Balaban J connectivity index is -0.0000000122. The third-order valence-corrected chi connectivity index (χ3v) is 0. The molecule has 0 heterocycles. The predicted molar refractivity (Wildman–Crippen MR) is 51.8 cm³/mol. The van der Waals surface area contributed by atoms with Gasteiger partial charge in [-0.15, -0.1) is 0 Å². The zero-order valence-electron chi connectivity index (χ0n) is 8.29. The molecule has 0 amide bonds. The van der Waals surface area contributed by atoms with E-state index in [-0.39, 0.29) is 25.6 Å². The Morgan fingerprint density at radius 3 is 0.615 bits per heavy atom. The summed E-state index contributed by atoms with van der Waals surface area (Å²) < 4.78 is 0. The molecule has 0 rings (SSSR count). The van der Waals surface area contributed by atoms with Gasteiger partial charge in [0.25, 0.3) is 0 Å². The Morgan fingerprint density at radius 2 is 0.615 bits per heavy atom. The molecule has 0 aromatic rings. The zero-order valence-corrected chi connectivity index (χ0v) is 10.3. The Morgan fingerprint density at radius 1 is 0.615 bits per heavy atom. The van der Waals surface area contributed by atoms with Crippen molar-refractivity contribution in [1.29, 1.82) is 0 Å². The average molecular weight is 252 g/mol. The van der Waals surface area contributed by atoms with Gasteiger partial charge in [0.2, 0.25) is 0 Å². The van der Waals surface area contributed by atoms with Crippen LogP contribution in [-0.4, -0.2) is 36.0 Å². The second kappa shape index (κ2) is 214. The molecule has 13 heavy (non-hydrogen) atoms. The van der Waals surface area contributed by atoms with Crippen LogP contribution in [0.15, 0.2) is 0 Å². The van der Waals surface area contributed by atoms with Crippen LogP contribution in [0.2, 0.25) is 19.6 Å². The maximum atomic E-state index is 8.00. The SMILES string of the molecule is C=O.C=O.C=O.C=O.C[Si](C)C.[Co]. The Kier molecular flexibility index (Phi) is 647. The molecule has 2 radical (unpaired) electrons. The van der Waals surface area contributed by atoms with Gasteiger partial charge in [0, 0.05) is 25.6 Å². The van der Waals surface area contributed by atoms with E-state index in [1.165, 1.54) is 0 Å². The summed E-state index contributed by atoms with van der Waals surface area (Å²) in [6, 6.07) is 0. The van der Waals surface area contributed by atoms with Crippen molar-refractivity contribution in [3.05, 3.63) is 0 Å². The van der Waals surface area contributed by atoms with Gasteiger partial charge in [0.1, 0.15) is 27.2 Å². The molecule has 0 bridgehead atoms. The van der Waals surface area contributed by atoms with Crippen molar-refractivity contribution in [2.24, 2.45) is 0 Å². The molecule has 0 unspecified atom stereocenters. The molecule has 0 aromatic carbocycles. The van der Waals surface area contributed by atoms with E-state index >= 15 is 0 Å². The second-order valence-electron chi connectivity index (χ2n) is 1.50. The summed E-state index contributed by atoms with van der Waals surface area (Å²) in [6.45, 7) is 14.8. The average Bonchev–Trinajstić information content (AvgIpc) is 2.16. The number of carbonyl (C=O) groups excluding carboxylic acids is 4. The van der Waals surface area contributed by atoms with Crippen LogP contribution in [0.3, 0.4) is 0 Å². The van der Waals surface area contributed by atoms with Gasteiger partial charge in [-0.2, -0.15) is 0 Å².